The lowest BCUT2D eigenvalue weighted by atomic mass is 10.0. The fourth-order valence-electron chi connectivity index (χ4n) is 3.72. The second-order valence-electron chi connectivity index (χ2n) is 6.77. The van der Waals surface area contributed by atoms with Crippen molar-refractivity contribution in [3.8, 4) is 0 Å². The van der Waals surface area contributed by atoms with E-state index >= 15 is 0 Å². The van der Waals surface area contributed by atoms with Crippen molar-refractivity contribution in [1.82, 2.24) is 15.5 Å². The molecule has 136 valence electrons. The van der Waals surface area contributed by atoms with Crippen LogP contribution in [0.1, 0.15) is 18.0 Å². The minimum absolute atomic E-state index is 0.0594. The summed E-state index contributed by atoms with van der Waals surface area (Å²) < 4.78 is 0. The summed E-state index contributed by atoms with van der Waals surface area (Å²) in [6, 6.07) is 18.1. The van der Waals surface area contributed by atoms with Crippen molar-refractivity contribution in [2.24, 2.45) is 0 Å². The smallest absolute Gasteiger partial charge is 0.224 e. The zero-order chi connectivity index (χ0) is 17.9. The van der Waals surface area contributed by atoms with Crippen LogP contribution in [0.15, 0.2) is 54.6 Å². The van der Waals surface area contributed by atoms with Crippen LogP contribution in [-0.4, -0.2) is 43.3 Å². The fraction of sp³-hybridized carbons (Fsp3) is 0.350. The van der Waals surface area contributed by atoms with Crippen LogP contribution in [0.3, 0.4) is 0 Å². The van der Waals surface area contributed by atoms with Crippen LogP contribution in [0.5, 0.6) is 0 Å². The van der Waals surface area contributed by atoms with E-state index in [0.717, 1.165) is 31.7 Å². The van der Waals surface area contributed by atoms with E-state index in [1.54, 1.807) is 0 Å². The maximum atomic E-state index is 12.3. The highest BCUT2D eigenvalue weighted by Crippen LogP contribution is 2.27. The van der Waals surface area contributed by atoms with E-state index in [4.69, 9.17) is 11.6 Å². The molecule has 2 unspecified atom stereocenters. The Balaban J connectivity index is 1.42. The van der Waals surface area contributed by atoms with E-state index in [0.29, 0.717) is 11.4 Å². The molecule has 0 saturated carbocycles. The zero-order valence-corrected chi connectivity index (χ0v) is 15.3. The van der Waals surface area contributed by atoms with Crippen molar-refractivity contribution in [1.29, 1.82) is 0 Å². The van der Waals surface area contributed by atoms with Gasteiger partial charge in [0.2, 0.25) is 5.91 Å². The van der Waals surface area contributed by atoms with Gasteiger partial charge in [0.05, 0.1) is 0 Å². The van der Waals surface area contributed by atoms with Gasteiger partial charge in [0.1, 0.15) is 6.29 Å². The van der Waals surface area contributed by atoms with Crippen LogP contribution in [0.2, 0.25) is 5.02 Å². The summed E-state index contributed by atoms with van der Waals surface area (Å²) in [7, 11) is 0. The van der Waals surface area contributed by atoms with Gasteiger partial charge < -0.3 is 10.2 Å². The number of hydrogen-bond donors (Lipinski definition) is 2. The Hall–Kier alpha value is -2.08. The predicted molar refractivity (Wildman–Crippen MR) is 104 cm³/mol. The number of nitrogens with zero attached hydrogens (tertiary/aromatic N) is 2. The van der Waals surface area contributed by atoms with E-state index in [2.05, 4.69) is 44.7 Å². The molecule has 26 heavy (non-hydrogen) atoms. The number of hydrogen-bond acceptors (Lipinski definition) is 4. The largest absolute Gasteiger partial charge is 0.369 e. The quantitative estimate of drug-likeness (QED) is 0.872. The van der Waals surface area contributed by atoms with Crippen LogP contribution in [0.25, 0.3) is 0 Å². The lowest BCUT2D eigenvalue weighted by Gasteiger charge is -2.43. The molecule has 2 aromatic carbocycles. The fourth-order valence-corrected chi connectivity index (χ4v) is 3.99. The van der Waals surface area contributed by atoms with Gasteiger partial charge >= 0.3 is 0 Å². The summed E-state index contributed by atoms with van der Waals surface area (Å²) in [6.07, 6.45) is 0.250. The first-order valence-corrected chi connectivity index (χ1v) is 9.42. The highest BCUT2D eigenvalue weighted by molar-refractivity contribution is 6.31. The third-order valence-electron chi connectivity index (χ3n) is 5.13. The van der Waals surface area contributed by atoms with E-state index in [9.17, 15) is 4.79 Å². The number of rotatable bonds is 3. The molecule has 2 fully saturated rings. The molecule has 0 aromatic heterocycles. The Kier molecular flexibility index (Phi) is 5.11. The van der Waals surface area contributed by atoms with Gasteiger partial charge in [-0.1, -0.05) is 48.0 Å². The molecule has 0 radical (unpaired) electrons. The third-order valence-corrected chi connectivity index (χ3v) is 5.47. The van der Waals surface area contributed by atoms with Crippen molar-refractivity contribution >= 4 is 23.2 Å². The molecule has 2 atom stereocenters. The Morgan fingerprint density at radius 3 is 2.35 bits per heavy atom. The number of nitrogens with one attached hydrogen (secondary N) is 2. The molecule has 2 N–H and O–H groups in total. The maximum Gasteiger partial charge on any atom is 0.224 e. The molecule has 2 aliphatic rings. The van der Waals surface area contributed by atoms with Crippen LogP contribution in [0, 0.1) is 0 Å². The number of halogens is 1. The standard InChI is InChI=1S/C20H23ClN4O/c21-17-9-5-4-8-16(17)18-14-19(26)23-20(22-18)25-12-10-24(11-13-25)15-6-2-1-3-7-15/h1-9,18,20,22H,10-14H2,(H,23,26). The minimum Gasteiger partial charge on any atom is -0.369 e. The first kappa shape index (κ1) is 17.3. The molecular weight excluding hydrogens is 348 g/mol. The molecule has 2 aromatic rings. The first-order chi connectivity index (χ1) is 12.7. The highest BCUT2D eigenvalue weighted by Gasteiger charge is 2.32. The Labute approximate surface area is 158 Å². The van der Waals surface area contributed by atoms with Crippen LogP contribution >= 0.6 is 11.6 Å². The lowest BCUT2D eigenvalue weighted by Crippen LogP contribution is -2.64. The van der Waals surface area contributed by atoms with Crippen molar-refractivity contribution in [3.05, 3.63) is 65.2 Å². The average molecular weight is 371 g/mol. The van der Waals surface area contributed by atoms with Gasteiger partial charge in [-0.15, -0.1) is 0 Å². The minimum atomic E-state index is -0.157. The monoisotopic (exact) mass is 370 g/mol. The number of carbonyl (C=O) groups is 1. The van der Waals surface area contributed by atoms with Gasteiger partial charge in [0.25, 0.3) is 0 Å². The van der Waals surface area contributed by atoms with Crippen LogP contribution < -0.4 is 15.5 Å². The van der Waals surface area contributed by atoms with Crippen LogP contribution in [0.4, 0.5) is 5.69 Å². The molecule has 0 aliphatic carbocycles. The van der Waals surface area contributed by atoms with Gasteiger partial charge in [0, 0.05) is 49.4 Å². The van der Waals surface area contributed by atoms with E-state index in [-0.39, 0.29) is 18.2 Å². The SMILES string of the molecule is O=C1CC(c2ccccc2Cl)NC(N2CCN(c3ccccc3)CC2)N1. The topological polar surface area (TPSA) is 47.6 Å². The third kappa shape index (κ3) is 3.70. The molecule has 6 heteroatoms. The van der Waals surface area contributed by atoms with E-state index in [1.807, 2.05) is 30.3 Å². The summed E-state index contributed by atoms with van der Waals surface area (Å²) in [5.74, 6) is 0.0594. The molecule has 2 saturated heterocycles. The number of carbonyl (C=O) groups excluding carboxylic acids is 1. The summed E-state index contributed by atoms with van der Waals surface area (Å²) in [4.78, 5) is 16.9. The van der Waals surface area contributed by atoms with Crippen molar-refractivity contribution in [2.45, 2.75) is 18.8 Å². The van der Waals surface area contributed by atoms with Gasteiger partial charge in [-0.2, -0.15) is 0 Å². The predicted octanol–water partition coefficient (Wildman–Crippen LogP) is 2.60. The number of benzene rings is 2. The Morgan fingerprint density at radius 1 is 0.923 bits per heavy atom. The molecule has 1 amide bonds. The second kappa shape index (κ2) is 7.66. The number of piperazine rings is 1. The average Bonchev–Trinajstić information content (AvgIpc) is 2.69. The molecule has 5 nitrogen and oxygen atoms in total. The summed E-state index contributed by atoms with van der Waals surface area (Å²) >= 11 is 6.33. The van der Waals surface area contributed by atoms with Gasteiger partial charge in [0.15, 0.2) is 0 Å². The van der Waals surface area contributed by atoms with E-state index in [1.165, 1.54) is 5.69 Å². The Bertz CT molecular complexity index is 761. The van der Waals surface area contributed by atoms with Gasteiger partial charge in [-0.25, -0.2) is 0 Å². The molecule has 4 rings (SSSR count). The summed E-state index contributed by atoms with van der Waals surface area (Å²) in [6.45, 7) is 3.66. The zero-order valence-electron chi connectivity index (χ0n) is 14.6. The van der Waals surface area contributed by atoms with Crippen molar-refractivity contribution < 1.29 is 4.79 Å². The number of amides is 1. The summed E-state index contributed by atoms with van der Waals surface area (Å²) in [5.41, 5.74) is 2.23. The highest BCUT2D eigenvalue weighted by atomic mass is 35.5. The molecule has 0 bridgehead atoms. The maximum absolute atomic E-state index is 12.3. The number of para-hydroxylation sites is 1. The normalized spacial score (nSPS) is 24.3. The van der Waals surface area contributed by atoms with Crippen LogP contribution in [-0.2, 0) is 4.79 Å². The Morgan fingerprint density at radius 2 is 1.62 bits per heavy atom. The van der Waals surface area contributed by atoms with E-state index < -0.39 is 0 Å². The number of anilines is 1. The molecular formula is C20H23ClN4O. The molecule has 2 heterocycles. The second-order valence-corrected chi connectivity index (χ2v) is 7.18. The van der Waals surface area contributed by atoms with Crippen molar-refractivity contribution in [2.75, 3.05) is 31.1 Å². The van der Waals surface area contributed by atoms with Gasteiger partial charge in [-0.3, -0.25) is 15.0 Å². The first-order valence-electron chi connectivity index (χ1n) is 9.04. The molecule has 0 spiro atoms. The summed E-state index contributed by atoms with van der Waals surface area (Å²) in [5, 5.41) is 7.33. The van der Waals surface area contributed by atoms with Gasteiger partial charge in [-0.05, 0) is 23.8 Å². The van der Waals surface area contributed by atoms with Crippen molar-refractivity contribution in [3.63, 3.8) is 0 Å². The molecule has 2 aliphatic heterocycles. The lowest BCUT2D eigenvalue weighted by molar-refractivity contribution is -0.127.